The Labute approximate surface area is 105 Å². The molecule has 0 fully saturated rings. The topological polar surface area (TPSA) is 53.6 Å². The third kappa shape index (κ3) is 3.64. The number of H-pyrrole nitrogens is 1. The molecule has 0 spiro atoms. The lowest BCUT2D eigenvalue weighted by atomic mass is 10.1. The van der Waals surface area contributed by atoms with Gasteiger partial charge in [-0.15, -0.1) is 11.3 Å². The largest absolute Gasteiger partial charge is 0.307 e. The van der Waals surface area contributed by atoms with E-state index in [1.165, 1.54) is 4.88 Å². The van der Waals surface area contributed by atoms with E-state index < -0.39 is 0 Å². The fourth-order valence-corrected chi connectivity index (χ4v) is 2.50. The first kappa shape index (κ1) is 12.3. The molecule has 0 saturated heterocycles. The second-order valence-corrected chi connectivity index (χ2v) is 5.03. The van der Waals surface area contributed by atoms with Crippen LogP contribution in [0.2, 0.25) is 0 Å². The quantitative estimate of drug-likeness (QED) is 0.794. The van der Waals surface area contributed by atoms with Crippen molar-refractivity contribution >= 4 is 11.3 Å². The van der Waals surface area contributed by atoms with E-state index in [1.54, 1.807) is 6.33 Å². The van der Waals surface area contributed by atoms with E-state index in [0.717, 1.165) is 31.6 Å². The molecule has 5 heteroatoms. The highest BCUT2D eigenvalue weighted by Crippen LogP contribution is 2.18. The lowest BCUT2D eigenvalue weighted by Crippen LogP contribution is -2.23. The Morgan fingerprint density at radius 1 is 1.53 bits per heavy atom. The summed E-state index contributed by atoms with van der Waals surface area (Å²) in [6, 6.07) is 4.56. The summed E-state index contributed by atoms with van der Waals surface area (Å²) in [6.07, 6.45) is 4.83. The molecule has 17 heavy (non-hydrogen) atoms. The Morgan fingerprint density at radius 3 is 3.12 bits per heavy atom. The molecule has 2 aromatic rings. The van der Waals surface area contributed by atoms with Gasteiger partial charge in [0.1, 0.15) is 12.2 Å². The maximum atomic E-state index is 4.24. The maximum Gasteiger partial charge on any atom is 0.141 e. The number of aryl methyl sites for hydroxylation is 1. The number of hydrogen-bond acceptors (Lipinski definition) is 4. The monoisotopic (exact) mass is 250 g/mol. The summed E-state index contributed by atoms with van der Waals surface area (Å²) in [5, 5.41) is 12.5. The zero-order valence-electron chi connectivity index (χ0n) is 10.0. The van der Waals surface area contributed by atoms with Gasteiger partial charge in [0.05, 0.1) is 6.04 Å². The molecule has 4 nitrogen and oxygen atoms in total. The predicted octanol–water partition coefficient (Wildman–Crippen LogP) is 2.54. The van der Waals surface area contributed by atoms with Crippen LogP contribution in [0.3, 0.4) is 0 Å². The molecule has 0 saturated carbocycles. The number of rotatable bonds is 7. The van der Waals surface area contributed by atoms with Crippen molar-refractivity contribution in [3.63, 3.8) is 0 Å². The van der Waals surface area contributed by atoms with Crippen molar-refractivity contribution in [1.82, 2.24) is 20.5 Å². The van der Waals surface area contributed by atoms with E-state index in [9.17, 15) is 0 Å². The first-order valence-electron chi connectivity index (χ1n) is 6.01. The minimum absolute atomic E-state index is 0.277. The standard InChI is InChI=1S/C12H18N4S/c1-2-7-13-11(12-14-9-15-16-12)6-5-10-4-3-8-17-10/h3-4,8-9,11,13H,2,5-7H2,1H3,(H,14,15,16). The molecule has 0 aliphatic carbocycles. The first-order valence-corrected chi connectivity index (χ1v) is 6.89. The molecule has 0 radical (unpaired) electrons. The van der Waals surface area contributed by atoms with Crippen molar-refractivity contribution in [3.05, 3.63) is 34.5 Å². The molecule has 0 bridgehead atoms. The highest BCUT2D eigenvalue weighted by Gasteiger charge is 2.13. The molecule has 2 aromatic heterocycles. The van der Waals surface area contributed by atoms with Crippen LogP contribution in [0.15, 0.2) is 23.8 Å². The molecule has 2 rings (SSSR count). The summed E-state index contributed by atoms with van der Waals surface area (Å²) in [4.78, 5) is 5.67. The second-order valence-electron chi connectivity index (χ2n) is 4.00. The zero-order valence-corrected chi connectivity index (χ0v) is 10.8. The van der Waals surface area contributed by atoms with Crippen molar-refractivity contribution in [2.45, 2.75) is 32.2 Å². The molecular weight excluding hydrogens is 232 g/mol. The van der Waals surface area contributed by atoms with Crippen molar-refractivity contribution in [1.29, 1.82) is 0 Å². The van der Waals surface area contributed by atoms with Crippen LogP contribution >= 0.6 is 11.3 Å². The molecule has 1 atom stereocenters. The third-order valence-corrected chi connectivity index (χ3v) is 3.60. The van der Waals surface area contributed by atoms with Crippen LogP contribution in [0.5, 0.6) is 0 Å². The van der Waals surface area contributed by atoms with Crippen LogP contribution in [-0.2, 0) is 6.42 Å². The van der Waals surface area contributed by atoms with E-state index in [1.807, 2.05) is 11.3 Å². The van der Waals surface area contributed by atoms with Gasteiger partial charge in [0.2, 0.25) is 0 Å². The Morgan fingerprint density at radius 2 is 2.47 bits per heavy atom. The molecular formula is C12H18N4S. The van der Waals surface area contributed by atoms with Crippen molar-refractivity contribution in [2.75, 3.05) is 6.54 Å². The molecule has 0 aliphatic heterocycles. The van der Waals surface area contributed by atoms with Crippen LogP contribution < -0.4 is 5.32 Å². The van der Waals surface area contributed by atoms with Crippen LogP contribution in [-0.4, -0.2) is 21.7 Å². The number of nitrogens with zero attached hydrogens (tertiary/aromatic N) is 2. The summed E-state index contributed by atoms with van der Waals surface area (Å²) in [5.41, 5.74) is 0. The highest BCUT2D eigenvalue weighted by molar-refractivity contribution is 7.09. The Bertz CT molecular complexity index is 396. The van der Waals surface area contributed by atoms with E-state index >= 15 is 0 Å². The minimum Gasteiger partial charge on any atom is -0.307 e. The number of aromatic nitrogens is 3. The maximum absolute atomic E-state index is 4.24. The Balaban J connectivity index is 1.91. The lowest BCUT2D eigenvalue weighted by molar-refractivity contribution is 0.479. The van der Waals surface area contributed by atoms with Crippen molar-refractivity contribution < 1.29 is 0 Å². The average molecular weight is 250 g/mol. The SMILES string of the molecule is CCCNC(CCc1cccs1)c1ncn[nH]1. The van der Waals surface area contributed by atoms with E-state index in [-0.39, 0.29) is 6.04 Å². The van der Waals surface area contributed by atoms with Gasteiger partial charge in [0.15, 0.2) is 0 Å². The zero-order chi connectivity index (χ0) is 11.9. The van der Waals surface area contributed by atoms with Gasteiger partial charge >= 0.3 is 0 Å². The molecule has 2 heterocycles. The summed E-state index contributed by atoms with van der Waals surface area (Å²) < 4.78 is 0. The highest BCUT2D eigenvalue weighted by atomic mass is 32.1. The van der Waals surface area contributed by atoms with Gasteiger partial charge in [-0.1, -0.05) is 13.0 Å². The van der Waals surface area contributed by atoms with Gasteiger partial charge in [0, 0.05) is 4.88 Å². The van der Waals surface area contributed by atoms with Crippen LogP contribution in [0.1, 0.15) is 36.5 Å². The lowest BCUT2D eigenvalue weighted by Gasteiger charge is -2.15. The van der Waals surface area contributed by atoms with Crippen LogP contribution in [0.25, 0.3) is 0 Å². The number of nitrogens with one attached hydrogen (secondary N) is 2. The summed E-state index contributed by atoms with van der Waals surface area (Å²) in [5.74, 6) is 0.940. The number of hydrogen-bond donors (Lipinski definition) is 2. The fraction of sp³-hybridized carbons (Fsp3) is 0.500. The summed E-state index contributed by atoms with van der Waals surface area (Å²) in [6.45, 7) is 3.18. The smallest absolute Gasteiger partial charge is 0.141 e. The van der Waals surface area contributed by atoms with Gasteiger partial charge in [-0.3, -0.25) is 5.10 Å². The van der Waals surface area contributed by atoms with E-state index in [0.29, 0.717) is 0 Å². The minimum atomic E-state index is 0.277. The number of thiophene rings is 1. The Kier molecular flexibility index (Phi) is 4.70. The van der Waals surface area contributed by atoms with Gasteiger partial charge in [0.25, 0.3) is 0 Å². The average Bonchev–Trinajstić information content (AvgIpc) is 3.01. The molecule has 1 unspecified atom stereocenters. The van der Waals surface area contributed by atoms with Gasteiger partial charge in [-0.2, -0.15) is 5.10 Å². The molecule has 0 aliphatic rings. The first-order chi connectivity index (χ1) is 8.40. The summed E-state index contributed by atoms with van der Waals surface area (Å²) >= 11 is 1.81. The number of aromatic amines is 1. The van der Waals surface area contributed by atoms with E-state index in [2.05, 4.69) is 44.9 Å². The normalized spacial score (nSPS) is 12.8. The molecule has 0 aromatic carbocycles. The molecule has 0 amide bonds. The molecule has 92 valence electrons. The van der Waals surface area contributed by atoms with E-state index in [4.69, 9.17) is 0 Å². The second kappa shape index (κ2) is 6.51. The van der Waals surface area contributed by atoms with Crippen LogP contribution in [0, 0.1) is 0 Å². The van der Waals surface area contributed by atoms with Gasteiger partial charge in [-0.05, 0) is 37.3 Å². The summed E-state index contributed by atoms with van der Waals surface area (Å²) in [7, 11) is 0. The fourth-order valence-electron chi connectivity index (χ4n) is 1.78. The third-order valence-electron chi connectivity index (χ3n) is 2.66. The van der Waals surface area contributed by atoms with Crippen molar-refractivity contribution in [2.24, 2.45) is 0 Å². The molecule has 2 N–H and O–H groups in total. The van der Waals surface area contributed by atoms with Gasteiger partial charge in [-0.25, -0.2) is 4.98 Å². The van der Waals surface area contributed by atoms with Crippen LogP contribution in [0.4, 0.5) is 0 Å². The van der Waals surface area contributed by atoms with Crippen molar-refractivity contribution in [3.8, 4) is 0 Å². The predicted molar refractivity (Wildman–Crippen MR) is 70.1 cm³/mol. The Hall–Kier alpha value is -1.20. The van der Waals surface area contributed by atoms with Gasteiger partial charge < -0.3 is 5.32 Å².